The van der Waals surface area contributed by atoms with Crippen molar-refractivity contribution in [3.05, 3.63) is 46.4 Å². The van der Waals surface area contributed by atoms with Gasteiger partial charge in [0, 0.05) is 11.6 Å². The lowest BCUT2D eigenvalue weighted by Crippen LogP contribution is -2.47. The summed E-state index contributed by atoms with van der Waals surface area (Å²) in [5, 5.41) is 10.9. The van der Waals surface area contributed by atoms with Crippen LogP contribution in [0.1, 0.15) is 31.4 Å². The number of amides is 1. The zero-order valence-corrected chi connectivity index (χ0v) is 15.7. The van der Waals surface area contributed by atoms with Gasteiger partial charge in [-0.3, -0.25) is 19.2 Å². The van der Waals surface area contributed by atoms with Crippen LogP contribution in [0.4, 0.5) is 17.6 Å². The number of rotatable bonds is 8. The molecule has 0 bridgehead atoms. The van der Waals surface area contributed by atoms with Crippen molar-refractivity contribution in [2.75, 3.05) is 6.67 Å². The van der Waals surface area contributed by atoms with Crippen LogP contribution >= 0.6 is 0 Å². The predicted molar refractivity (Wildman–Crippen MR) is 97.7 cm³/mol. The van der Waals surface area contributed by atoms with Gasteiger partial charge < -0.3 is 15.0 Å². The predicted octanol–water partition coefficient (Wildman–Crippen LogP) is 2.47. The van der Waals surface area contributed by atoms with E-state index in [4.69, 9.17) is 5.11 Å². The van der Waals surface area contributed by atoms with E-state index in [1.807, 2.05) is 0 Å². The molecule has 0 spiro atoms. The minimum atomic E-state index is -4.59. The van der Waals surface area contributed by atoms with Crippen molar-refractivity contribution in [3.8, 4) is 0 Å². The van der Waals surface area contributed by atoms with E-state index >= 15 is 0 Å². The van der Waals surface area contributed by atoms with E-state index in [1.165, 1.54) is 13.0 Å². The van der Waals surface area contributed by atoms with Crippen molar-refractivity contribution in [2.45, 2.75) is 38.0 Å². The Morgan fingerprint density at radius 3 is 2.40 bits per heavy atom. The number of aromatic nitrogens is 1. The Balaban J connectivity index is 2.40. The van der Waals surface area contributed by atoms with Gasteiger partial charge in [-0.25, -0.2) is 4.39 Å². The van der Waals surface area contributed by atoms with Crippen LogP contribution in [-0.4, -0.2) is 40.0 Å². The SMILES string of the molecule is CCC(C(=O)NC(CC(=O)O)C(=O)CF)n1ccc2cc(C(F)(F)F)ccc2c1=O. The summed E-state index contributed by atoms with van der Waals surface area (Å²) in [7, 11) is 0. The molecular weight excluding hydrogens is 412 g/mol. The van der Waals surface area contributed by atoms with Gasteiger partial charge in [0.15, 0.2) is 5.78 Å². The minimum absolute atomic E-state index is 0.0256. The molecule has 0 aliphatic carbocycles. The van der Waals surface area contributed by atoms with Gasteiger partial charge in [0.1, 0.15) is 18.8 Å². The molecule has 0 fully saturated rings. The highest BCUT2D eigenvalue weighted by molar-refractivity contribution is 5.93. The first-order valence-electron chi connectivity index (χ1n) is 8.82. The van der Waals surface area contributed by atoms with Crippen LogP contribution in [0.3, 0.4) is 0 Å². The molecule has 2 N–H and O–H groups in total. The highest BCUT2D eigenvalue weighted by Gasteiger charge is 2.31. The molecule has 0 aliphatic heterocycles. The number of ketones is 1. The van der Waals surface area contributed by atoms with Gasteiger partial charge in [-0.2, -0.15) is 13.2 Å². The largest absolute Gasteiger partial charge is 0.481 e. The number of nitrogens with zero attached hydrogens (tertiary/aromatic N) is 1. The van der Waals surface area contributed by atoms with Gasteiger partial charge in [0.2, 0.25) is 5.91 Å². The van der Waals surface area contributed by atoms with Crippen molar-refractivity contribution in [1.82, 2.24) is 9.88 Å². The number of hydrogen-bond acceptors (Lipinski definition) is 4. The van der Waals surface area contributed by atoms with Crippen LogP contribution in [0, 0.1) is 0 Å². The summed E-state index contributed by atoms with van der Waals surface area (Å²) in [6, 6.07) is 1.00. The average Bonchev–Trinajstić information content (AvgIpc) is 2.67. The fourth-order valence-corrected chi connectivity index (χ4v) is 2.97. The highest BCUT2D eigenvalue weighted by atomic mass is 19.4. The lowest BCUT2D eigenvalue weighted by molar-refractivity contribution is -0.140. The first-order chi connectivity index (χ1) is 14.0. The molecule has 1 aromatic heterocycles. The topological polar surface area (TPSA) is 105 Å². The van der Waals surface area contributed by atoms with E-state index in [0.29, 0.717) is 0 Å². The highest BCUT2D eigenvalue weighted by Crippen LogP contribution is 2.30. The smallest absolute Gasteiger partial charge is 0.416 e. The molecular formula is C19H18F4N2O5. The number of nitrogens with one attached hydrogen (secondary N) is 1. The van der Waals surface area contributed by atoms with Crippen LogP contribution in [0.25, 0.3) is 10.8 Å². The van der Waals surface area contributed by atoms with Crippen LogP contribution in [-0.2, 0) is 20.6 Å². The fraction of sp³-hybridized carbons (Fsp3) is 0.368. The van der Waals surface area contributed by atoms with Crippen LogP contribution in [0.2, 0.25) is 0 Å². The molecule has 7 nitrogen and oxygen atoms in total. The summed E-state index contributed by atoms with van der Waals surface area (Å²) in [6.45, 7) is 0.0588. The van der Waals surface area contributed by atoms with Crippen molar-refractivity contribution >= 4 is 28.4 Å². The molecule has 1 amide bonds. The van der Waals surface area contributed by atoms with E-state index in [0.717, 1.165) is 29.0 Å². The summed E-state index contributed by atoms with van der Waals surface area (Å²) in [6.07, 6.45) is -4.24. The summed E-state index contributed by atoms with van der Waals surface area (Å²) in [4.78, 5) is 47.7. The molecule has 1 aromatic carbocycles. The maximum atomic E-state index is 12.9. The number of carbonyl (C=O) groups is 3. The summed E-state index contributed by atoms with van der Waals surface area (Å²) >= 11 is 0. The second-order valence-corrected chi connectivity index (χ2v) is 6.51. The number of pyridine rings is 1. The second-order valence-electron chi connectivity index (χ2n) is 6.51. The Bertz CT molecular complexity index is 1030. The van der Waals surface area contributed by atoms with Crippen molar-refractivity contribution in [2.24, 2.45) is 0 Å². The average molecular weight is 430 g/mol. The number of Topliss-reactive ketones (excluding diaryl/α,β-unsaturated/α-hetero) is 1. The number of aliphatic carboxylic acids is 1. The normalized spacial score (nSPS) is 13.6. The van der Waals surface area contributed by atoms with Crippen LogP contribution < -0.4 is 10.9 Å². The Kier molecular flexibility index (Phi) is 6.96. The lowest BCUT2D eigenvalue weighted by Gasteiger charge is -2.22. The Morgan fingerprint density at radius 2 is 1.87 bits per heavy atom. The number of hydrogen-bond donors (Lipinski definition) is 2. The van der Waals surface area contributed by atoms with E-state index in [2.05, 4.69) is 5.32 Å². The van der Waals surface area contributed by atoms with Crippen molar-refractivity contribution in [3.63, 3.8) is 0 Å². The monoisotopic (exact) mass is 430 g/mol. The molecule has 0 aliphatic rings. The molecule has 11 heteroatoms. The number of carboxylic acid groups (broad SMARTS) is 1. The van der Waals surface area contributed by atoms with E-state index in [1.54, 1.807) is 0 Å². The van der Waals surface area contributed by atoms with Crippen LogP contribution in [0.15, 0.2) is 35.3 Å². The lowest BCUT2D eigenvalue weighted by atomic mass is 10.1. The summed E-state index contributed by atoms with van der Waals surface area (Å²) in [5.74, 6) is -3.46. The zero-order valence-electron chi connectivity index (χ0n) is 15.7. The maximum Gasteiger partial charge on any atom is 0.416 e. The number of alkyl halides is 4. The Hall–Kier alpha value is -3.24. The quantitative estimate of drug-likeness (QED) is 0.626. The molecule has 0 radical (unpaired) electrons. The number of carboxylic acids is 1. The molecule has 0 saturated heterocycles. The third-order valence-electron chi connectivity index (χ3n) is 4.50. The summed E-state index contributed by atoms with van der Waals surface area (Å²) < 4.78 is 52.2. The van der Waals surface area contributed by atoms with E-state index in [9.17, 15) is 36.7 Å². The maximum absolute atomic E-state index is 12.9. The van der Waals surface area contributed by atoms with Gasteiger partial charge in [0.25, 0.3) is 5.56 Å². The van der Waals surface area contributed by atoms with Crippen molar-refractivity contribution < 1.29 is 37.1 Å². The standard InChI is InChI=1S/C19H18F4N2O5/c1-2-14(17(29)24-13(8-16(27)28)15(26)9-20)25-6-5-10-7-11(19(21,22)23)3-4-12(10)18(25)30/h3-7,13-14H,2,8-9H2,1H3,(H,24,29)(H,27,28). The third-order valence-corrected chi connectivity index (χ3v) is 4.50. The molecule has 162 valence electrons. The number of halogens is 4. The summed E-state index contributed by atoms with van der Waals surface area (Å²) in [5.41, 5.74) is -1.67. The minimum Gasteiger partial charge on any atom is -0.481 e. The number of carbonyl (C=O) groups excluding carboxylic acids is 2. The molecule has 2 atom stereocenters. The molecule has 30 heavy (non-hydrogen) atoms. The van der Waals surface area contributed by atoms with Crippen molar-refractivity contribution in [1.29, 1.82) is 0 Å². The van der Waals surface area contributed by atoms with Gasteiger partial charge in [-0.15, -0.1) is 0 Å². The molecule has 2 unspecified atom stereocenters. The molecule has 1 heterocycles. The number of fused-ring (bicyclic) bond motifs is 1. The van der Waals surface area contributed by atoms with Gasteiger partial charge in [0.05, 0.1) is 12.0 Å². The second kappa shape index (κ2) is 9.06. The third kappa shape index (κ3) is 5.02. The first-order valence-corrected chi connectivity index (χ1v) is 8.82. The zero-order chi connectivity index (χ0) is 22.6. The van der Waals surface area contributed by atoms with Gasteiger partial charge >= 0.3 is 12.1 Å². The van der Waals surface area contributed by atoms with Gasteiger partial charge in [-0.05, 0) is 36.1 Å². The van der Waals surface area contributed by atoms with Crippen LogP contribution in [0.5, 0.6) is 0 Å². The Morgan fingerprint density at radius 1 is 1.20 bits per heavy atom. The molecule has 2 aromatic rings. The fourth-order valence-electron chi connectivity index (χ4n) is 2.97. The van der Waals surface area contributed by atoms with E-state index in [-0.39, 0.29) is 17.2 Å². The van der Waals surface area contributed by atoms with Gasteiger partial charge in [-0.1, -0.05) is 6.92 Å². The Labute approximate surface area is 167 Å². The first kappa shape index (κ1) is 23.0. The molecule has 0 saturated carbocycles. The number of benzene rings is 1. The van der Waals surface area contributed by atoms with E-state index < -0.39 is 60.1 Å². The molecule has 2 rings (SSSR count).